The van der Waals surface area contributed by atoms with Crippen molar-refractivity contribution in [2.45, 2.75) is 6.92 Å². The largest absolute Gasteiger partial charge is 0.268 e. The Bertz CT molecular complexity index is 1130. The molecular weight excluding hydrogens is 332 g/mol. The minimum Gasteiger partial charge on any atom is -0.268 e. The van der Waals surface area contributed by atoms with Gasteiger partial charge in [-0.15, -0.1) is 0 Å². The van der Waals surface area contributed by atoms with E-state index in [0.717, 1.165) is 16.8 Å². The first-order valence-corrected chi connectivity index (χ1v) is 8.36. The molecule has 0 aliphatic heterocycles. The molecule has 0 amide bonds. The maximum Gasteiger partial charge on any atom is 0.266 e. The van der Waals surface area contributed by atoms with Gasteiger partial charge in [-0.25, -0.2) is 4.98 Å². The van der Waals surface area contributed by atoms with Crippen molar-refractivity contribution in [3.63, 3.8) is 0 Å². The number of para-hydroxylation sites is 1. The molecule has 0 bridgehead atoms. The summed E-state index contributed by atoms with van der Waals surface area (Å²) in [7, 11) is 0. The Hall–Kier alpha value is -2.91. The predicted octanol–water partition coefficient (Wildman–Crippen LogP) is 5.01. The average molecular weight is 347 g/mol. The van der Waals surface area contributed by atoms with Crippen LogP contribution in [0.1, 0.15) is 5.56 Å². The Morgan fingerprint density at radius 1 is 0.920 bits per heavy atom. The third-order valence-corrected chi connectivity index (χ3v) is 4.39. The van der Waals surface area contributed by atoms with Gasteiger partial charge in [0.15, 0.2) is 0 Å². The Kier molecular flexibility index (Phi) is 3.86. The summed E-state index contributed by atoms with van der Waals surface area (Å²) in [5, 5.41) is 1.25. The topological polar surface area (TPSA) is 34.9 Å². The number of aromatic nitrogens is 2. The van der Waals surface area contributed by atoms with E-state index in [1.165, 1.54) is 0 Å². The highest BCUT2D eigenvalue weighted by Gasteiger charge is 2.14. The van der Waals surface area contributed by atoms with Crippen molar-refractivity contribution in [1.29, 1.82) is 0 Å². The van der Waals surface area contributed by atoms with Gasteiger partial charge in [-0.2, -0.15) is 0 Å². The SMILES string of the molecule is Cc1cccc(-n2c(-c3ccc(Cl)cc3)nc3ccccc3c2=O)c1. The summed E-state index contributed by atoms with van der Waals surface area (Å²) < 4.78 is 1.67. The Morgan fingerprint density at radius 3 is 2.44 bits per heavy atom. The van der Waals surface area contributed by atoms with Gasteiger partial charge in [-0.1, -0.05) is 35.9 Å². The lowest BCUT2D eigenvalue weighted by Crippen LogP contribution is -2.22. The zero-order chi connectivity index (χ0) is 17.4. The summed E-state index contributed by atoms with van der Waals surface area (Å²) in [5.41, 5.74) is 3.32. The number of aryl methyl sites for hydroxylation is 1. The molecule has 0 saturated carbocycles. The van der Waals surface area contributed by atoms with Gasteiger partial charge in [-0.3, -0.25) is 9.36 Å². The van der Waals surface area contributed by atoms with E-state index in [9.17, 15) is 4.79 Å². The monoisotopic (exact) mass is 346 g/mol. The molecule has 0 fully saturated rings. The van der Waals surface area contributed by atoms with Crippen molar-refractivity contribution in [2.75, 3.05) is 0 Å². The summed E-state index contributed by atoms with van der Waals surface area (Å²) in [6.45, 7) is 2.00. The van der Waals surface area contributed by atoms with Crippen molar-refractivity contribution in [1.82, 2.24) is 9.55 Å². The van der Waals surface area contributed by atoms with Crippen LogP contribution < -0.4 is 5.56 Å². The van der Waals surface area contributed by atoms with Gasteiger partial charge in [-0.05, 0) is 61.0 Å². The second-order valence-corrected chi connectivity index (χ2v) is 6.38. The number of hydrogen-bond acceptors (Lipinski definition) is 2. The van der Waals surface area contributed by atoms with Crippen LogP contribution in [0.5, 0.6) is 0 Å². The smallest absolute Gasteiger partial charge is 0.266 e. The van der Waals surface area contributed by atoms with E-state index in [-0.39, 0.29) is 5.56 Å². The van der Waals surface area contributed by atoms with E-state index in [1.807, 2.05) is 67.6 Å². The van der Waals surface area contributed by atoms with E-state index in [4.69, 9.17) is 16.6 Å². The Balaban J connectivity index is 2.11. The first kappa shape index (κ1) is 15.6. The maximum absolute atomic E-state index is 13.2. The fourth-order valence-corrected chi connectivity index (χ4v) is 3.06. The number of rotatable bonds is 2. The van der Waals surface area contributed by atoms with Crippen molar-refractivity contribution >= 4 is 22.5 Å². The minimum absolute atomic E-state index is 0.0823. The van der Waals surface area contributed by atoms with Gasteiger partial charge in [0.25, 0.3) is 5.56 Å². The molecule has 4 aromatic rings. The van der Waals surface area contributed by atoms with Crippen molar-refractivity contribution in [3.05, 3.63) is 93.7 Å². The molecule has 0 unspecified atom stereocenters. The fraction of sp³-hybridized carbons (Fsp3) is 0.0476. The Labute approximate surface area is 150 Å². The molecule has 4 rings (SSSR count). The molecule has 0 N–H and O–H groups in total. The summed E-state index contributed by atoms with van der Waals surface area (Å²) in [6.07, 6.45) is 0. The third kappa shape index (κ3) is 2.83. The van der Waals surface area contributed by atoms with E-state index in [2.05, 4.69) is 0 Å². The molecule has 0 aliphatic rings. The quantitative estimate of drug-likeness (QED) is 0.511. The van der Waals surface area contributed by atoms with Crippen molar-refractivity contribution in [2.24, 2.45) is 0 Å². The van der Waals surface area contributed by atoms with Gasteiger partial charge in [0.2, 0.25) is 0 Å². The first-order valence-electron chi connectivity index (χ1n) is 7.98. The molecule has 0 saturated heterocycles. The van der Waals surface area contributed by atoms with Crippen molar-refractivity contribution in [3.8, 4) is 17.1 Å². The highest BCUT2D eigenvalue weighted by Crippen LogP contribution is 2.24. The van der Waals surface area contributed by atoms with Gasteiger partial charge >= 0.3 is 0 Å². The number of hydrogen-bond donors (Lipinski definition) is 0. The van der Waals surface area contributed by atoms with E-state index in [0.29, 0.717) is 21.7 Å². The zero-order valence-electron chi connectivity index (χ0n) is 13.6. The zero-order valence-corrected chi connectivity index (χ0v) is 14.4. The third-order valence-electron chi connectivity index (χ3n) is 4.14. The van der Waals surface area contributed by atoms with Gasteiger partial charge in [0.05, 0.1) is 16.6 Å². The van der Waals surface area contributed by atoms with E-state index < -0.39 is 0 Å². The molecule has 0 radical (unpaired) electrons. The molecule has 0 spiro atoms. The average Bonchev–Trinajstić information content (AvgIpc) is 2.62. The van der Waals surface area contributed by atoms with Crippen LogP contribution in [-0.2, 0) is 0 Å². The lowest BCUT2D eigenvalue weighted by molar-refractivity contribution is 0.974. The van der Waals surface area contributed by atoms with Crippen LogP contribution in [0, 0.1) is 6.92 Å². The number of halogens is 1. The van der Waals surface area contributed by atoms with E-state index in [1.54, 1.807) is 16.7 Å². The predicted molar refractivity (Wildman–Crippen MR) is 103 cm³/mol. The normalized spacial score (nSPS) is 11.0. The van der Waals surface area contributed by atoms with Crippen LogP contribution in [-0.4, -0.2) is 9.55 Å². The van der Waals surface area contributed by atoms with Crippen molar-refractivity contribution < 1.29 is 0 Å². The van der Waals surface area contributed by atoms with E-state index >= 15 is 0 Å². The number of nitrogens with zero attached hydrogens (tertiary/aromatic N) is 2. The molecule has 25 heavy (non-hydrogen) atoms. The minimum atomic E-state index is -0.0823. The molecule has 1 aromatic heterocycles. The number of benzene rings is 3. The standard InChI is InChI=1S/C21H15ClN2O/c1-14-5-4-6-17(13-14)24-20(15-9-11-16(22)12-10-15)23-19-8-3-2-7-18(19)21(24)25/h2-13H,1H3. The molecule has 0 aliphatic carbocycles. The van der Waals surface area contributed by atoms with Gasteiger partial charge in [0, 0.05) is 10.6 Å². The molecular formula is C21H15ClN2O. The van der Waals surface area contributed by atoms with Gasteiger partial charge < -0.3 is 0 Å². The molecule has 1 heterocycles. The molecule has 4 heteroatoms. The summed E-state index contributed by atoms with van der Waals surface area (Å²) in [4.78, 5) is 18.0. The fourth-order valence-electron chi connectivity index (χ4n) is 2.93. The van der Waals surface area contributed by atoms with Crippen LogP contribution in [0.4, 0.5) is 0 Å². The number of fused-ring (bicyclic) bond motifs is 1. The summed E-state index contributed by atoms with van der Waals surface area (Å²) >= 11 is 6.01. The second kappa shape index (κ2) is 6.19. The summed E-state index contributed by atoms with van der Waals surface area (Å²) in [6, 6.07) is 22.6. The van der Waals surface area contributed by atoms with Crippen LogP contribution in [0.15, 0.2) is 77.6 Å². The lowest BCUT2D eigenvalue weighted by Gasteiger charge is -2.14. The van der Waals surface area contributed by atoms with Crippen LogP contribution in [0.25, 0.3) is 28.0 Å². The highest BCUT2D eigenvalue weighted by molar-refractivity contribution is 6.30. The molecule has 0 atom stereocenters. The summed E-state index contributed by atoms with van der Waals surface area (Å²) in [5.74, 6) is 0.603. The lowest BCUT2D eigenvalue weighted by atomic mass is 10.1. The Morgan fingerprint density at radius 2 is 1.68 bits per heavy atom. The molecule has 122 valence electrons. The first-order chi connectivity index (χ1) is 12.1. The second-order valence-electron chi connectivity index (χ2n) is 5.94. The molecule has 3 aromatic carbocycles. The highest BCUT2D eigenvalue weighted by atomic mass is 35.5. The van der Waals surface area contributed by atoms with Crippen LogP contribution >= 0.6 is 11.6 Å². The van der Waals surface area contributed by atoms with Crippen LogP contribution in [0.3, 0.4) is 0 Å². The maximum atomic E-state index is 13.2. The van der Waals surface area contributed by atoms with Gasteiger partial charge in [0.1, 0.15) is 5.82 Å². The molecule has 3 nitrogen and oxygen atoms in total. The van der Waals surface area contributed by atoms with Crippen LogP contribution in [0.2, 0.25) is 5.02 Å².